The number of fused-ring (bicyclic) bond motifs is 1. The molecule has 2 aromatic rings. The molecule has 114 valence electrons. The van der Waals surface area contributed by atoms with Crippen LogP contribution in [-0.2, 0) is 11.3 Å². The van der Waals surface area contributed by atoms with Crippen molar-refractivity contribution in [3.05, 3.63) is 33.8 Å². The average Bonchev–Trinajstić information content (AvgIpc) is 3.05. The van der Waals surface area contributed by atoms with Crippen molar-refractivity contribution in [2.24, 2.45) is 0 Å². The van der Waals surface area contributed by atoms with E-state index in [9.17, 15) is 14.9 Å². The van der Waals surface area contributed by atoms with E-state index in [4.69, 9.17) is 16.0 Å². The Hall–Kier alpha value is -2.26. The van der Waals surface area contributed by atoms with Gasteiger partial charge in [-0.1, -0.05) is 11.6 Å². The number of hydrogen-bond acceptors (Lipinski definition) is 4. The lowest BCUT2D eigenvalue weighted by Crippen LogP contribution is -2.46. The van der Waals surface area contributed by atoms with Gasteiger partial charge < -0.3 is 9.73 Å². The largest absolute Gasteiger partial charge is 0.420 e. The quantitative estimate of drug-likeness (QED) is 0.939. The second kappa shape index (κ2) is 5.50. The van der Waals surface area contributed by atoms with Crippen LogP contribution in [0.1, 0.15) is 25.7 Å². The van der Waals surface area contributed by atoms with Gasteiger partial charge in [0.05, 0.1) is 11.6 Å². The lowest BCUT2D eigenvalue weighted by molar-refractivity contribution is -0.123. The molecule has 0 radical (unpaired) electrons. The Morgan fingerprint density at radius 1 is 1.45 bits per heavy atom. The SMILES string of the molecule is N#CC1(NC(=O)Cn2c(=O)oc3cc(Cl)ccc32)CCCC1. The second-order valence-corrected chi connectivity index (χ2v) is 5.95. The molecule has 0 atom stereocenters. The molecule has 1 aliphatic carbocycles. The van der Waals surface area contributed by atoms with Crippen molar-refractivity contribution < 1.29 is 9.21 Å². The van der Waals surface area contributed by atoms with E-state index in [-0.39, 0.29) is 12.5 Å². The third-order valence-electron chi connectivity index (χ3n) is 3.98. The van der Waals surface area contributed by atoms with Gasteiger partial charge in [-0.3, -0.25) is 9.36 Å². The van der Waals surface area contributed by atoms with Crippen LogP contribution in [-0.4, -0.2) is 16.0 Å². The van der Waals surface area contributed by atoms with Crippen LogP contribution in [0.25, 0.3) is 11.1 Å². The zero-order valence-electron chi connectivity index (χ0n) is 11.8. The highest BCUT2D eigenvalue weighted by atomic mass is 35.5. The molecule has 0 bridgehead atoms. The van der Waals surface area contributed by atoms with Crippen LogP contribution >= 0.6 is 11.6 Å². The minimum Gasteiger partial charge on any atom is -0.408 e. The fraction of sp³-hybridized carbons (Fsp3) is 0.400. The number of benzene rings is 1. The van der Waals surface area contributed by atoms with Gasteiger partial charge in [0.1, 0.15) is 12.1 Å². The fourth-order valence-electron chi connectivity index (χ4n) is 2.88. The molecule has 1 fully saturated rings. The summed E-state index contributed by atoms with van der Waals surface area (Å²) in [4.78, 5) is 24.1. The van der Waals surface area contributed by atoms with Crippen molar-refractivity contribution in [3.8, 4) is 6.07 Å². The molecule has 0 unspecified atom stereocenters. The number of aromatic nitrogens is 1. The summed E-state index contributed by atoms with van der Waals surface area (Å²) in [5.74, 6) is -0.993. The zero-order chi connectivity index (χ0) is 15.7. The van der Waals surface area contributed by atoms with Crippen molar-refractivity contribution in [2.75, 3.05) is 0 Å². The Labute approximate surface area is 131 Å². The van der Waals surface area contributed by atoms with E-state index in [0.717, 1.165) is 12.8 Å². The van der Waals surface area contributed by atoms with Crippen molar-refractivity contribution in [3.63, 3.8) is 0 Å². The molecular weight excluding hydrogens is 306 g/mol. The molecular formula is C15H14ClN3O3. The number of oxazole rings is 1. The maximum atomic E-state index is 12.2. The standard InChI is InChI=1S/C15H14ClN3O3/c16-10-3-4-11-12(7-10)22-14(21)19(11)8-13(20)18-15(9-17)5-1-2-6-15/h3-4,7H,1-2,5-6,8H2,(H,18,20). The lowest BCUT2D eigenvalue weighted by Gasteiger charge is -2.21. The molecule has 0 saturated heterocycles. The molecule has 1 heterocycles. The second-order valence-electron chi connectivity index (χ2n) is 5.52. The first-order valence-corrected chi connectivity index (χ1v) is 7.42. The highest BCUT2D eigenvalue weighted by Crippen LogP contribution is 2.28. The molecule has 7 heteroatoms. The van der Waals surface area contributed by atoms with Gasteiger partial charge in [-0.25, -0.2) is 4.79 Å². The van der Waals surface area contributed by atoms with E-state index in [1.54, 1.807) is 12.1 Å². The third-order valence-corrected chi connectivity index (χ3v) is 4.22. The summed E-state index contributed by atoms with van der Waals surface area (Å²) in [6.45, 7) is -0.184. The molecule has 1 aliphatic rings. The van der Waals surface area contributed by atoms with Gasteiger partial charge in [0.25, 0.3) is 0 Å². The fourth-order valence-corrected chi connectivity index (χ4v) is 3.05. The van der Waals surface area contributed by atoms with Crippen molar-refractivity contribution >= 4 is 28.6 Å². The molecule has 1 aromatic carbocycles. The van der Waals surface area contributed by atoms with Crippen LogP contribution in [0.5, 0.6) is 0 Å². The van der Waals surface area contributed by atoms with Crippen LogP contribution in [0.4, 0.5) is 0 Å². The van der Waals surface area contributed by atoms with Gasteiger partial charge in [0.15, 0.2) is 5.58 Å². The van der Waals surface area contributed by atoms with Gasteiger partial charge in [0, 0.05) is 11.1 Å². The smallest absolute Gasteiger partial charge is 0.408 e. The van der Waals surface area contributed by atoms with Crippen LogP contribution in [0.2, 0.25) is 5.02 Å². The van der Waals surface area contributed by atoms with Gasteiger partial charge in [-0.2, -0.15) is 5.26 Å². The topological polar surface area (TPSA) is 88.0 Å². The van der Waals surface area contributed by atoms with Crippen LogP contribution in [0, 0.1) is 11.3 Å². The van der Waals surface area contributed by atoms with Crippen molar-refractivity contribution in [1.82, 2.24) is 9.88 Å². The van der Waals surface area contributed by atoms with Gasteiger partial charge in [0.2, 0.25) is 5.91 Å². The summed E-state index contributed by atoms with van der Waals surface area (Å²) in [6, 6.07) is 6.97. The molecule has 1 amide bonds. The van der Waals surface area contributed by atoms with Gasteiger partial charge >= 0.3 is 5.76 Å². The Bertz CT molecular complexity index is 825. The summed E-state index contributed by atoms with van der Waals surface area (Å²) in [5, 5.41) is 12.5. The van der Waals surface area contributed by atoms with Crippen LogP contribution in [0.15, 0.2) is 27.4 Å². The Morgan fingerprint density at radius 2 is 2.18 bits per heavy atom. The number of halogens is 1. The number of carbonyl (C=O) groups excluding carboxylic acids is 1. The maximum absolute atomic E-state index is 12.2. The monoisotopic (exact) mass is 319 g/mol. The number of nitrogens with one attached hydrogen (secondary N) is 1. The predicted molar refractivity (Wildman–Crippen MR) is 80.4 cm³/mol. The zero-order valence-corrected chi connectivity index (χ0v) is 12.5. The van der Waals surface area contributed by atoms with E-state index < -0.39 is 11.3 Å². The highest BCUT2D eigenvalue weighted by molar-refractivity contribution is 6.31. The number of nitrogens with zero attached hydrogens (tertiary/aromatic N) is 2. The summed E-state index contributed by atoms with van der Waals surface area (Å²) in [6.07, 6.45) is 3.12. The maximum Gasteiger partial charge on any atom is 0.420 e. The first-order valence-electron chi connectivity index (χ1n) is 7.04. The number of amides is 1. The number of rotatable bonds is 3. The first-order chi connectivity index (χ1) is 10.5. The van der Waals surface area contributed by atoms with E-state index in [0.29, 0.717) is 29.0 Å². The summed E-state index contributed by atoms with van der Waals surface area (Å²) < 4.78 is 6.32. The van der Waals surface area contributed by atoms with Crippen molar-refractivity contribution in [1.29, 1.82) is 5.26 Å². The van der Waals surface area contributed by atoms with Crippen LogP contribution in [0.3, 0.4) is 0 Å². The van der Waals surface area contributed by atoms with E-state index in [2.05, 4.69) is 11.4 Å². The summed E-state index contributed by atoms with van der Waals surface area (Å²) >= 11 is 5.85. The Kier molecular flexibility index (Phi) is 3.67. The lowest BCUT2D eigenvalue weighted by atomic mass is 10.00. The van der Waals surface area contributed by atoms with Gasteiger partial charge in [-0.15, -0.1) is 0 Å². The normalized spacial score (nSPS) is 16.5. The molecule has 0 aliphatic heterocycles. The average molecular weight is 320 g/mol. The predicted octanol–water partition coefficient (Wildman–Crippen LogP) is 2.20. The number of carbonyl (C=O) groups is 1. The summed E-state index contributed by atoms with van der Waals surface area (Å²) in [7, 11) is 0. The first kappa shape index (κ1) is 14.7. The Balaban J connectivity index is 1.84. The number of hydrogen-bond donors (Lipinski definition) is 1. The van der Waals surface area contributed by atoms with E-state index in [1.807, 2.05) is 0 Å². The Morgan fingerprint density at radius 3 is 2.86 bits per heavy atom. The minimum atomic E-state index is -0.802. The van der Waals surface area contributed by atoms with Gasteiger partial charge in [-0.05, 0) is 37.8 Å². The third kappa shape index (κ3) is 2.60. The molecule has 3 rings (SSSR count). The van der Waals surface area contributed by atoms with E-state index >= 15 is 0 Å². The molecule has 0 spiro atoms. The van der Waals surface area contributed by atoms with Crippen LogP contribution < -0.4 is 11.1 Å². The highest BCUT2D eigenvalue weighted by Gasteiger charge is 2.35. The minimum absolute atomic E-state index is 0.184. The molecule has 22 heavy (non-hydrogen) atoms. The van der Waals surface area contributed by atoms with E-state index in [1.165, 1.54) is 10.6 Å². The van der Waals surface area contributed by atoms with Crippen molar-refractivity contribution in [2.45, 2.75) is 37.8 Å². The number of nitriles is 1. The molecule has 6 nitrogen and oxygen atoms in total. The molecule has 1 saturated carbocycles. The molecule has 1 aromatic heterocycles. The summed E-state index contributed by atoms with van der Waals surface area (Å²) in [5.41, 5.74) is 0.0342. The molecule has 1 N–H and O–H groups in total.